The van der Waals surface area contributed by atoms with Crippen molar-refractivity contribution in [2.45, 2.75) is 19.0 Å². The smallest absolute Gasteiger partial charge is 0.389 e. The van der Waals surface area contributed by atoms with Crippen molar-refractivity contribution in [3.63, 3.8) is 0 Å². The third-order valence-corrected chi connectivity index (χ3v) is 2.60. The quantitative estimate of drug-likeness (QED) is 0.634. The first-order valence-corrected chi connectivity index (χ1v) is 6.06. The number of hydrogen-bond donors (Lipinski definition) is 1. The lowest BCUT2D eigenvalue weighted by atomic mass is 10.2. The molecule has 0 spiro atoms. The first kappa shape index (κ1) is 16.4. The molecule has 0 radical (unpaired) electrons. The minimum absolute atomic E-state index is 0.131. The van der Waals surface area contributed by atoms with Gasteiger partial charge in [-0.15, -0.1) is 0 Å². The minimum Gasteiger partial charge on any atom is -0.493 e. The Hall–Kier alpha value is -1.69. The van der Waals surface area contributed by atoms with Gasteiger partial charge in [-0.1, -0.05) is 17.7 Å². The van der Waals surface area contributed by atoms with Crippen LogP contribution >= 0.6 is 11.6 Å². The molecular formula is C13H12ClF3O3. The summed E-state index contributed by atoms with van der Waals surface area (Å²) in [6.45, 7) is -0.131. The van der Waals surface area contributed by atoms with Gasteiger partial charge in [-0.2, -0.15) is 13.2 Å². The number of halogens is 4. The molecule has 1 N–H and O–H groups in total. The molecular weight excluding hydrogens is 297 g/mol. The van der Waals surface area contributed by atoms with E-state index in [2.05, 4.69) is 0 Å². The summed E-state index contributed by atoms with van der Waals surface area (Å²) in [6.07, 6.45) is -3.22. The average molecular weight is 309 g/mol. The van der Waals surface area contributed by atoms with Gasteiger partial charge in [0.05, 0.1) is 11.6 Å². The highest BCUT2D eigenvalue weighted by molar-refractivity contribution is 6.32. The Kier molecular flexibility index (Phi) is 5.88. The number of benzene rings is 1. The van der Waals surface area contributed by atoms with E-state index in [-0.39, 0.29) is 23.8 Å². The highest BCUT2D eigenvalue weighted by atomic mass is 35.5. The van der Waals surface area contributed by atoms with Crippen molar-refractivity contribution in [2.24, 2.45) is 0 Å². The zero-order valence-electron chi connectivity index (χ0n) is 10.3. The van der Waals surface area contributed by atoms with E-state index in [1.54, 1.807) is 6.07 Å². The van der Waals surface area contributed by atoms with Crippen LogP contribution in [-0.2, 0) is 4.79 Å². The van der Waals surface area contributed by atoms with Gasteiger partial charge in [0, 0.05) is 18.1 Å². The number of carboxylic acid groups (broad SMARTS) is 1. The highest BCUT2D eigenvalue weighted by Crippen LogP contribution is 2.28. The highest BCUT2D eigenvalue weighted by Gasteiger charge is 2.26. The van der Waals surface area contributed by atoms with Gasteiger partial charge < -0.3 is 9.84 Å². The number of hydrogen-bond acceptors (Lipinski definition) is 2. The van der Waals surface area contributed by atoms with Gasteiger partial charge in [-0.05, 0) is 24.6 Å². The molecule has 0 heterocycles. The number of alkyl halides is 3. The third-order valence-electron chi connectivity index (χ3n) is 2.27. The van der Waals surface area contributed by atoms with Crippen LogP contribution in [0.1, 0.15) is 18.4 Å². The lowest BCUT2D eigenvalue weighted by Gasteiger charge is -2.11. The Morgan fingerprint density at radius 2 is 2.10 bits per heavy atom. The molecule has 0 aliphatic carbocycles. The van der Waals surface area contributed by atoms with Crippen LogP contribution in [0.15, 0.2) is 24.3 Å². The number of ether oxygens (including phenoxy) is 1. The summed E-state index contributed by atoms with van der Waals surface area (Å²) in [7, 11) is 0. The third kappa shape index (κ3) is 5.97. The summed E-state index contributed by atoms with van der Waals surface area (Å²) in [5, 5.41) is 8.82. The summed E-state index contributed by atoms with van der Waals surface area (Å²) in [4.78, 5) is 10.5. The summed E-state index contributed by atoms with van der Waals surface area (Å²) in [5.74, 6) is -0.912. The van der Waals surface area contributed by atoms with E-state index in [0.29, 0.717) is 5.56 Å². The first-order chi connectivity index (χ1) is 9.29. The normalized spacial score (nSPS) is 11.8. The van der Waals surface area contributed by atoms with E-state index in [9.17, 15) is 18.0 Å². The lowest BCUT2D eigenvalue weighted by Crippen LogP contribution is -2.10. The number of carbonyl (C=O) groups is 1. The van der Waals surface area contributed by atoms with Crippen LogP contribution < -0.4 is 4.74 Å². The van der Waals surface area contributed by atoms with Crippen LogP contribution in [0.5, 0.6) is 5.75 Å². The van der Waals surface area contributed by atoms with Gasteiger partial charge in [0.15, 0.2) is 0 Å². The molecule has 0 saturated carbocycles. The Morgan fingerprint density at radius 3 is 2.70 bits per heavy atom. The van der Waals surface area contributed by atoms with Crippen molar-refractivity contribution in [1.29, 1.82) is 0 Å². The van der Waals surface area contributed by atoms with Crippen molar-refractivity contribution in [2.75, 3.05) is 6.61 Å². The second-order valence-electron chi connectivity index (χ2n) is 3.89. The van der Waals surface area contributed by atoms with E-state index in [4.69, 9.17) is 21.4 Å². The maximum atomic E-state index is 12.0. The molecule has 0 fully saturated rings. The zero-order chi connectivity index (χ0) is 15.2. The summed E-state index contributed by atoms with van der Waals surface area (Å²) < 4.78 is 41.2. The molecule has 1 rings (SSSR count). The van der Waals surface area contributed by atoms with E-state index in [1.807, 2.05) is 0 Å². The van der Waals surface area contributed by atoms with E-state index < -0.39 is 18.6 Å². The average Bonchev–Trinajstić information content (AvgIpc) is 2.32. The minimum atomic E-state index is -4.22. The van der Waals surface area contributed by atoms with Crippen molar-refractivity contribution in [3.8, 4) is 5.75 Å². The predicted molar refractivity (Wildman–Crippen MR) is 68.9 cm³/mol. The van der Waals surface area contributed by atoms with Crippen LogP contribution in [-0.4, -0.2) is 23.9 Å². The fourth-order valence-corrected chi connectivity index (χ4v) is 1.64. The molecule has 0 aliphatic heterocycles. The van der Waals surface area contributed by atoms with Gasteiger partial charge in [0.1, 0.15) is 5.75 Å². The Balaban J connectivity index is 2.70. The molecule has 0 aliphatic rings. The molecule has 1 aromatic carbocycles. The van der Waals surface area contributed by atoms with Crippen LogP contribution in [0.3, 0.4) is 0 Å². The van der Waals surface area contributed by atoms with Gasteiger partial charge in [-0.3, -0.25) is 0 Å². The first-order valence-electron chi connectivity index (χ1n) is 5.68. The molecule has 20 heavy (non-hydrogen) atoms. The Morgan fingerprint density at radius 1 is 1.40 bits per heavy atom. The fraction of sp³-hybridized carbons (Fsp3) is 0.308. The fourth-order valence-electron chi connectivity index (χ4n) is 1.41. The predicted octanol–water partition coefficient (Wildman–Crippen LogP) is 4.16. The summed E-state index contributed by atoms with van der Waals surface area (Å²) in [5.41, 5.74) is 0.323. The van der Waals surface area contributed by atoms with E-state index in [0.717, 1.165) is 6.08 Å². The maximum Gasteiger partial charge on any atom is 0.389 e. The van der Waals surface area contributed by atoms with Crippen LogP contribution in [0.25, 0.3) is 6.08 Å². The SMILES string of the molecule is O=C(O)/C=C/c1c(Cl)cccc1OCCCC(F)(F)F. The summed E-state index contributed by atoms with van der Waals surface area (Å²) in [6, 6.07) is 4.62. The number of rotatable bonds is 6. The van der Waals surface area contributed by atoms with Crippen LogP contribution in [0, 0.1) is 0 Å². The molecule has 0 atom stereocenters. The Bertz CT molecular complexity index is 498. The molecule has 110 valence electrons. The van der Waals surface area contributed by atoms with E-state index in [1.165, 1.54) is 18.2 Å². The van der Waals surface area contributed by atoms with Crippen LogP contribution in [0.2, 0.25) is 5.02 Å². The molecule has 0 bridgehead atoms. The maximum absolute atomic E-state index is 12.0. The molecule has 7 heteroatoms. The molecule has 0 aromatic heterocycles. The van der Waals surface area contributed by atoms with Crippen molar-refractivity contribution in [1.82, 2.24) is 0 Å². The molecule has 0 amide bonds. The molecule has 0 saturated heterocycles. The number of carboxylic acids is 1. The largest absolute Gasteiger partial charge is 0.493 e. The number of aliphatic carboxylic acids is 1. The van der Waals surface area contributed by atoms with Crippen LogP contribution in [0.4, 0.5) is 13.2 Å². The van der Waals surface area contributed by atoms with Gasteiger partial charge in [0.2, 0.25) is 0 Å². The Labute approximate surface area is 118 Å². The van der Waals surface area contributed by atoms with Gasteiger partial charge in [0.25, 0.3) is 0 Å². The molecule has 0 unspecified atom stereocenters. The van der Waals surface area contributed by atoms with E-state index >= 15 is 0 Å². The zero-order valence-corrected chi connectivity index (χ0v) is 11.0. The van der Waals surface area contributed by atoms with Crippen molar-refractivity contribution >= 4 is 23.6 Å². The van der Waals surface area contributed by atoms with Crippen molar-refractivity contribution < 1.29 is 27.8 Å². The molecule has 3 nitrogen and oxygen atoms in total. The lowest BCUT2D eigenvalue weighted by molar-refractivity contribution is -0.136. The second-order valence-corrected chi connectivity index (χ2v) is 4.30. The van der Waals surface area contributed by atoms with Gasteiger partial charge >= 0.3 is 12.1 Å². The molecule has 1 aromatic rings. The topological polar surface area (TPSA) is 46.5 Å². The summed E-state index contributed by atoms with van der Waals surface area (Å²) >= 11 is 5.89. The van der Waals surface area contributed by atoms with Gasteiger partial charge in [-0.25, -0.2) is 4.79 Å². The monoisotopic (exact) mass is 308 g/mol. The standard InChI is InChI=1S/C13H12ClF3O3/c14-10-3-1-4-11(9(10)5-6-12(18)19)20-8-2-7-13(15,16)17/h1,3-6H,2,7-8H2,(H,18,19)/b6-5+. The van der Waals surface area contributed by atoms with Crippen molar-refractivity contribution in [3.05, 3.63) is 34.9 Å². The second kappa shape index (κ2) is 7.19.